The molecule has 2 aromatic rings. The van der Waals surface area contributed by atoms with E-state index in [4.69, 9.17) is 27.9 Å². The van der Waals surface area contributed by atoms with Crippen LogP contribution in [0.25, 0.3) is 0 Å². The van der Waals surface area contributed by atoms with Gasteiger partial charge >= 0.3 is 6.03 Å². The number of hydrogen-bond acceptors (Lipinski definition) is 3. The van der Waals surface area contributed by atoms with Gasteiger partial charge in [-0.2, -0.15) is 0 Å². The molecule has 1 fully saturated rings. The number of nitrogens with one attached hydrogen (secondary N) is 1. The first-order valence-corrected chi connectivity index (χ1v) is 8.45. The fourth-order valence-corrected chi connectivity index (χ4v) is 3.27. The van der Waals surface area contributed by atoms with Crippen molar-refractivity contribution in [2.45, 2.75) is 12.5 Å². The second-order valence-corrected chi connectivity index (χ2v) is 6.64. The first-order chi connectivity index (χ1) is 11.9. The first-order valence-electron chi connectivity index (χ1n) is 7.69. The van der Waals surface area contributed by atoms with Crippen LogP contribution in [0.5, 0.6) is 5.75 Å². The molecule has 3 rings (SSSR count). The standard InChI is InChI=1S/C18H16Cl2N2O3/c1-18(14-7-2-3-8-15(14)20)16(23)22(17(24)21-18)9-10-25-13-6-4-5-12(19)11-13/h2-8,11H,9-10H2,1H3,(H,21,24). The molecule has 1 aliphatic rings. The van der Waals surface area contributed by atoms with Gasteiger partial charge in [0.25, 0.3) is 5.91 Å². The summed E-state index contributed by atoms with van der Waals surface area (Å²) in [5.41, 5.74) is -0.626. The van der Waals surface area contributed by atoms with Gasteiger partial charge in [-0.3, -0.25) is 9.69 Å². The highest BCUT2D eigenvalue weighted by Crippen LogP contribution is 2.33. The van der Waals surface area contributed by atoms with Gasteiger partial charge in [0, 0.05) is 15.6 Å². The minimum Gasteiger partial charge on any atom is -0.492 e. The van der Waals surface area contributed by atoms with Crippen LogP contribution < -0.4 is 10.1 Å². The molecule has 1 heterocycles. The molecule has 1 saturated heterocycles. The summed E-state index contributed by atoms with van der Waals surface area (Å²) in [6.07, 6.45) is 0. The van der Waals surface area contributed by atoms with Crippen LogP contribution in [0.15, 0.2) is 48.5 Å². The largest absolute Gasteiger partial charge is 0.492 e. The van der Waals surface area contributed by atoms with E-state index in [0.29, 0.717) is 21.4 Å². The number of imide groups is 1. The van der Waals surface area contributed by atoms with Crippen molar-refractivity contribution in [3.63, 3.8) is 0 Å². The van der Waals surface area contributed by atoms with E-state index < -0.39 is 11.6 Å². The molecule has 0 radical (unpaired) electrons. The number of rotatable bonds is 5. The second kappa shape index (κ2) is 6.94. The number of halogens is 2. The average Bonchev–Trinajstić information content (AvgIpc) is 2.79. The molecule has 2 aromatic carbocycles. The number of carbonyl (C=O) groups is 2. The second-order valence-electron chi connectivity index (χ2n) is 5.80. The van der Waals surface area contributed by atoms with E-state index in [2.05, 4.69) is 5.32 Å². The molecule has 1 N–H and O–H groups in total. The predicted octanol–water partition coefficient (Wildman–Crippen LogP) is 3.84. The van der Waals surface area contributed by atoms with Crippen molar-refractivity contribution in [3.8, 4) is 5.75 Å². The topological polar surface area (TPSA) is 58.6 Å². The van der Waals surface area contributed by atoms with Crippen LogP contribution in [0.3, 0.4) is 0 Å². The van der Waals surface area contributed by atoms with Crippen LogP contribution in [0.1, 0.15) is 12.5 Å². The molecular formula is C18H16Cl2N2O3. The van der Waals surface area contributed by atoms with E-state index in [1.165, 1.54) is 0 Å². The lowest BCUT2D eigenvalue weighted by Crippen LogP contribution is -2.41. The van der Waals surface area contributed by atoms with Crippen molar-refractivity contribution in [3.05, 3.63) is 64.1 Å². The molecule has 7 heteroatoms. The Kier molecular flexibility index (Phi) is 4.88. The molecule has 0 aromatic heterocycles. The molecule has 0 spiro atoms. The minimum absolute atomic E-state index is 0.122. The lowest BCUT2D eigenvalue weighted by molar-refractivity contribution is -0.131. The van der Waals surface area contributed by atoms with E-state index >= 15 is 0 Å². The lowest BCUT2D eigenvalue weighted by atomic mass is 9.92. The van der Waals surface area contributed by atoms with E-state index in [9.17, 15) is 9.59 Å². The number of nitrogens with zero attached hydrogens (tertiary/aromatic N) is 1. The number of urea groups is 1. The van der Waals surface area contributed by atoms with Gasteiger partial charge in [0.1, 0.15) is 17.9 Å². The van der Waals surface area contributed by atoms with Gasteiger partial charge in [-0.25, -0.2) is 4.79 Å². The van der Waals surface area contributed by atoms with Gasteiger partial charge in [-0.1, -0.05) is 47.5 Å². The average molecular weight is 379 g/mol. The predicted molar refractivity (Wildman–Crippen MR) is 96.0 cm³/mol. The SMILES string of the molecule is CC1(c2ccccc2Cl)NC(=O)N(CCOc2cccc(Cl)c2)C1=O. The van der Waals surface area contributed by atoms with E-state index in [1.807, 2.05) is 0 Å². The summed E-state index contributed by atoms with van der Waals surface area (Å²) in [6, 6.07) is 13.4. The maximum absolute atomic E-state index is 12.8. The summed E-state index contributed by atoms with van der Waals surface area (Å²) in [4.78, 5) is 26.2. The van der Waals surface area contributed by atoms with Gasteiger partial charge in [0.2, 0.25) is 0 Å². The molecular weight excluding hydrogens is 363 g/mol. The van der Waals surface area contributed by atoms with E-state index in [1.54, 1.807) is 55.5 Å². The Labute approximate surface area is 155 Å². The maximum Gasteiger partial charge on any atom is 0.325 e. The normalized spacial score (nSPS) is 19.9. The molecule has 0 bridgehead atoms. The fourth-order valence-electron chi connectivity index (χ4n) is 2.76. The molecule has 0 saturated carbocycles. The van der Waals surface area contributed by atoms with Crippen LogP contribution in [0, 0.1) is 0 Å². The Morgan fingerprint density at radius 1 is 1.12 bits per heavy atom. The molecule has 1 aliphatic heterocycles. The highest BCUT2D eigenvalue weighted by molar-refractivity contribution is 6.32. The third kappa shape index (κ3) is 3.43. The van der Waals surface area contributed by atoms with Crippen molar-refractivity contribution in [1.82, 2.24) is 10.2 Å². The van der Waals surface area contributed by atoms with Gasteiger partial charge in [-0.05, 0) is 31.2 Å². The Bertz CT molecular complexity index is 827. The minimum atomic E-state index is -1.19. The maximum atomic E-state index is 12.8. The number of ether oxygens (including phenoxy) is 1. The first kappa shape index (κ1) is 17.6. The highest BCUT2D eigenvalue weighted by atomic mass is 35.5. The van der Waals surface area contributed by atoms with Gasteiger partial charge in [-0.15, -0.1) is 0 Å². The van der Waals surface area contributed by atoms with Crippen LogP contribution in [0.2, 0.25) is 10.0 Å². The molecule has 1 atom stereocenters. The quantitative estimate of drug-likeness (QED) is 0.804. The Morgan fingerprint density at radius 3 is 2.60 bits per heavy atom. The van der Waals surface area contributed by atoms with Crippen LogP contribution in [-0.2, 0) is 10.3 Å². The summed E-state index contributed by atoms with van der Waals surface area (Å²) < 4.78 is 5.56. The van der Waals surface area contributed by atoms with Crippen molar-refractivity contribution in [2.24, 2.45) is 0 Å². The zero-order chi connectivity index (χ0) is 18.0. The highest BCUT2D eigenvalue weighted by Gasteiger charge is 2.49. The summed E-state index contributed by atoms with van der Waals surface area (Å²) >= 11 is 12.1. The molecule has 5 nitrogen and oxygen atoms in total. The Morgan fingerprint density at radius 2 is 1.88 bits per heavy atom. The number of benzene rings is 2. The molecule has 1 unspecified atom stereocenters. The van der Waals surface area contributed by atoms with Crippen molar-refractivity contribution >= 4 is 35.1 Å². The Balaban J connectivity index is 1.70. The summed E-state index contributed by atoms with van der Waals surface area (Å²) in [7, 11) is 0. The van der Waals surface area contributed by atoms with Crippen molar-refractivity contribution < 1.29 is 14.3 Å². The Hall–Kier alpha value is -2.24. The third-order valence-corrected chi connectivity index (χ3v) is 4.63. The van der Waals surface area contributed by atoms with Crippen molar-refractivity contribution in [1.29, 1.82) is 0 Å². The molecule has 130 valence electrons. The zero-order valence-corrected chi connectivity index (χ0v) is 15.0. The van der Waals surface area contributed by atoms with Crippen LogP contribution in [0.4, 0.5) is 4.79 Å². The van der Waals surface area contributed by atoms with Crippen LogP contribution >= 0.6 is 23.2 Å². The van der Waals surface area contributed by atoms with Crippen LogP contribution in [-0.4, -0.2) is 30.0 Å². The summed E-state index contributed by atoms with van der Waals surface area (Å²) in [5, 5.41) is 3.70. The summed E-state index contributed by atoms with van der Waals surface area (Å²) in [5.74, 6) is 0.216. The van der Waals surface area contributed by atoms with Gasteiger partial charge in [0.05, 0.1) is 6.54 Å². The van der Waals surface area contributed by atoms with Crippen molar-refractivity contribution in [2.75, 3.05) is 13.2 Å². The molecule has 0 aliphatic carbocycles. The summed E-state index contributed by atoms with van der Waals surface area (Å²) in [6.45, 7) is 1.93. The van der Waals surface area contributed by atoms with Gasteiger partial charge < -0.3 is 10.1 Å². The third-order valence-electron chi connectivity index (χ3n) is 4.07. The van der Waals surface area contributed by atoms with E-state index in [-0.39, 0.29) is 19.1 Å². The number of carbonyl (C=O) groups excluding carboxylic acids is 2. The number of hydrogen-bond donors (Lipinski definition) is 1. The zero-order valence-electron chi connectivity index (χ0n) is 13.5. The number of amides is 3. The van der Waals surface area contributed by atoms with E-state index in [0.717, 1.165) is 4.90 Å². The molecule has 25 heavy (non-hydrogen) atoms. The lowest BCUT2D eigenvalue weighted by Gasteiger charge is -2.23. The fraction of sp³-hybridized carbons (Fsp3) is 0.222. The van der Waals surface area contributed by atoms with Gasteiger partial charge in [0.15, 0.2) is 0 Å². The smallest absolute Gasteiger partial charge is 0.325 e. The monoisotopic (exact) mass is 378 g/mol. The molecule has 3 amide bonds.